The summed E-state index contributed by atoms with van der Waals surface area (Å²) in [6, 6.07) is 6.34. The summed E-state index contributed by atoms with van der Waals surface area (Å²) < 4.78 is 12.8. The predicted molar refractivity (Wildman–Crippen MR) is 77.9 cm³/mol. The molecule has 0 spiro atoms. The third-order valence-electron chi connectivity index (χ3n) is 3.72. The third-order valence-corrected chi connectivity index (χ3v) is 3.72. The summed E-state index contributed by atoms with van der Waals surface area (Å²) >= 11 is 0. The first-order chi connectivity index (χ1) is 9.69. The number of hydrogen-bond acceptors (Lipinski definition) is 3. The van der Waals surface area contributed by atoms with Crippen molar-refractivity contribution in [2.45, 2.75) is 31.7 Å². The molecule has 1 amide bonds. The molecular formula is C15H22FN3O. The average Bonchev–Trinajstić information content (AvgIpc) is 2.36. The first-order valence-corrected chi connectivity index (χ1v) is 7.18. The molecule has 5 heteroatoms. The highest BCUT2D eigenvalue weighted by Crippen LogP contribution is 2.24. The molecule has 0 bridgehead atoms. The minimum absolute atomic E-state index is 0.0551. The summed E-state index contributed by atoms with van der Waals surface area (Å²) in [5, 5.41) is 2.80. The number of nitrogens with zero attached hydrogens (tertiary/aromatic N) is 1. The summed E-state index contributed by atoms with van der Waals surface area (Å²) in [4.78, 5) is 14.2. The highest BCUT2D eigenvalue weighted by atomic mass is 19.1. The number of benzene rings is 1. The highest BCUT2D eigenvalue weighted by Gasteiger charge is 2.25. The molecule has 1 saturated carbocycles. The van der Waals surface area contributed by atoms with Crippen molar-refractivity contribution in [1.82, 2.24) is 4.90 Å². The van der Waals surface area contributed by atoms with Gasteiger partial charge in [0.15, 0.2) is 0 Å². The van der Waals surface area contributed by atoms with Crippen LogP contribution >= 0.6 is 0 Å². The lowest BCUT2D eigenvalue weighted by Crippen LogP contribution is -2.45. The normalized spacial score (nSPS) is 15.2. The van der Waals surface area contributed by atoms with Crippen molar-refractivity contribution in [3.8, 4) is 0 Å². The van der Waals surface area contributed by atoms with Gasteiger partial charge in [0.05, 0.1) is 6.54 Å². The molecule has 110 valence electrons. The van der Waals surface area contributed by atoms with E-state index >= 15 is 0 Å². The van der Waals surface area contributed by atoms with E-state index in [0.29, 0.717) is 24.8 Å². The maximum absolute atomic E-state index is 12.8. The molecule has 0 heterocycles. The van der Waals surface area contributed by atoms with Crippen LogP contribution in [-0.4, -0.2) is 36.5 Å². The van der Waals surface area contributed by atoms with Gasteiger partial charge >= 0.3 is 0 Å². The van der Waals surface area contributed by atoms with Gasteiger partial charge in [-0.3, -0.25) is 9.69 Å². The van der Waals surface area contributed by atoms with Crippen molar-refractivity contribution in [2.75, 3.05) is 25.0 Å². The lowest BCUT2D eigenvalue weighted by molar-refractivity contribution is -0.118. The van der Waals surface area contributed by atoms with Gasteiger partial charge in [-0.15, -0.1) is 0 Å². The topological polar surface area (TPSA) is 58.4 Å². The van der Waals surface area contributed by atoms with Gasteiger partial charge in [-0.1, -0.05) is 6.42 Å². The van der Waals surface area contributed by atoms with E-state index in [1.54, 1.807) is 12.1 Å². The molecule has 2 rings (SSSR count). The number of carbonyl (C=O) groups is 1. The number of carbonyl (C=O) groups excluding carboxylic acids is 1. The minimum Gasteiger partial charge on any atom is -0.330 e. The molecule has 0 aliphatic heterocycles. The second-order valence-electron chi connectivity index (χ2n) is 5.25. The standard InChI is InChI=1S/C15H22FN3O/c16-12-5-7-13(8-6-12)18-15(20)11-19(10-2-9-17)14-3-1-4-14/h5-8,14H,1-4,9-11,17H2,(H,18,20). The highest BCUT2D eigenvalue weighted by molar-refractivity contribution is 5.92. The number of hydrogen-bond donors (Lipinski definition) is 2. The Morgan fingerprint density at radius 1 is 1.35 bits per heavy atom. The zero-order valence-electron chi connectivity index (χ0n) is 11.6. The smallest absolute Gasteiger partial charge is 0.238 e. The van der Waals surface area contributed by atoms with Crippen LogP contribution in [0.25, 0.3) is 0 Å². The van der Waals surface area contributed by atoms with E-state index in [1.807, 2.05) is 0 Å². The Morgan fingerprint density at radius 3 is 2.60 bits per heavy atom. The molecule has 0 unspecified atom stereocenters. The lowest BCUT2D eigenvalue weighted by Gasteiger charge is -2.37. The second kappa shape index (κ2) is 7.36. The number of halogens is 1. The number of anilines is 1. The van der Waals surface area contributed by atoms with Crippen LogP contribution in [-0.2, 0) is 4.79 Å². The van der Waals surface area contributed by atoms with E-state index in [1.165, 1.54) is 18.6 Å². The zero-order valence-corrected chi connectivity index (χ0v) is 11.6. The molecule has 0 saturated heterocycles. The zero-order chi connectivity index (χ0) is 14.4. The average molecular weight is 279 g/mol. The van der Waals surface area contributed by atoms with Crippen LogP contribution < -0.4 is 11.1 Å². The molecule has 20 heavy (non-hydrogen) atoms. The third kappa shape index (κ3) is 4.28. The molecule has 1 aliphatic rings. The van der Waals surface area contributed by atoms with Crippen molar-refractivity contribution < 1.29 is 9.18 Å². The summed E-state index contributed by atoms with van der Waals surface area (Å²) in [7, 11) is 0. The van der Waals surface area contributed by atoms with Gasteiger partial charge in [-0.05, 0) is 50.1 Å². The van der Waals surface area contributed by atoms with Gasteiger partial charge in [0.25, 0.3) is 0 Å². The molecule has 0 radical (unpaired) electrons. The minimum atomic E-state index is -0.304. The van der Waals surface area contributed by atoms with E-state index in [2.05, 4.69) is 10.2 Å². The SMILES string of the molecule is NCCCN(CC(=O)Nc1ccc(F)cc1)C1CCC1. The summed E-state index contributed by atoms with van der Waals surface area (Å²) in [6.45, 7) is 1.88. The monoisotopic (exact) mass is 279 g/mol. The fourth-order valence-corrected chi connectivity index (χ4v) is 2.36. The quantitative estimate of drug-likeness (QED) is 0.802. The first kappa shape index (κ1) is 14.9. The van der Waals surface area contributed by atoms with Crippen LogP contribution in [0.5, 0.6) is 0 Å². The van der Waals surface area contributed by atoms with Gasteiger partial charge in [0.2, 0.25) is 5.91 Å². The van der Waals surface area contributed by atoms with Crippen molar-refractivity contribution in [2.24, 2.45) is 5.73 Å². The van der Waals surface area contributed by atoms with E-state index < -0.39 is 0 Å². The Morgan fingerprint density at radius 2 is 2.05 bits per heavy atom. The predicted octanol–water partition coefficient (Wildman–Crippen LogP) is 1.97. The summed E-state index contributed by atoms with van der Waals surface area (Å²) in [6.07, 6.45) is 4.46. The van der Waals surface area contributed by atoms with E-state index in [4.69, 9.17) is 5.73 Å². The van der Waals surface area contributed by atoms with Crippen LogP contribution in [0.1, 0.15) is 25.7 Å². The van der Waals surface area contributed by atoms with Gasteiger partial charge in [0, 0.05) is 18.3 Å². The molecule has 0 atom stereocenters. The molecule has 1 aromatic rings. The van der Waals surface area contributed by atoms with Crippen molar-refractivity contribution in [3.63, 3.8) is 0 Å². The fourth-order valence-electron chi connectivity index (χ4n) is 2.36. The van der Waals surface area contributed by atoms with E-state index in [-0.39, 0.29) is 11.7 Å². The molecule has 1 fully saturated rings. The van der Waals surface area contributed by atoms with Crippen LogP contribution in [0.4, 0.5) is 10.1 Å². The number of nitrogens with one attached hydrogen (secondary N) is 1. The Kier molecular flexibility index (Phi) is 5.49. The van der Waals surface area contributed by atoms with Crippen LogP contribution in [0.2, 0.25) is 0 Å². The van der Waals surface area contributed by atoms with Crippen LogP contribution in [0.15, 0.2) is 24.3 Å². The van der Waals surface area contributed by atoms with Crippen molar-refractivity contribution in [3.05, 3.63) is 30.1 Å². The summed E-state index contributed by atoms with van der Waals surface area (Å²) in [5.41, 5.74) is 6.17. The molecule has 3 N–H and O–H groups in total. The Hall–Kier alpha value is -1.46. The molecule has 1 aromatic carbocycles. The van der Waals surface area contributed by atoms with E-state index in [9.17, 15) is 9.18 Å². The molecule has 4 nitrogen and oxygen atoms in total. The maximum atomic E-state index is 12.8. The van der Waals surface area contributed by atoms with Crippen LogP contribution in [0.3, 0.4) is 0 Å². The molecule has 0 aromatic heterocycles. The molecule has 1 aliphatic carbocycles. The number of nitrogens with two attached hydrogens (primary N) is 1. The fraction of sp³-hybridized carbons (Fsp3) is 0.533. The summed E-state index contributed by atoms with van der Waals surface area (Å²) in [5.74, 6) is -0.359. The van der Waals surface area contributed by atoms with Gasteiger partial charge in [-0.2, -0.15) is 0 Å². The van der Waals surface area contributed by atoms with E-state index in [0.717, 1.165) is 25.8 Å². The van der Waals surface area contributed by atoms with Crippen LogP contribution in [0, 0.1) is 5.82 Å². The Labute approximate surface area is 119 Å². The molecular weight excluding hydrogens is 257 g/mol. The maximum Gasteiger partial charge on any atom is 0.238 e. The van der Waals surface area contributed by atoms with Crippen molar-refractivity contribution >= 4 is 11.6 Å². The number of rotatable bonds is 7. The second-order valence-corrected chi connectivity index (χ2v) is 5.25. The van der Waals surface area contributed by atoms with Gasteiger partial charge < -0.3 is 11.1 Å². The Balaban J connectivity index is 1.85. The first-order valence-electron chi connectivity index (χ1n) is 7.18. The van der Waals surface area contributed by atoms with Gasteiger partial charge in [-0.25, -0.2) is 4.39 Å². The van der Waals surface area contributed by atoms with Gasteiger partial charge in [0.1, 0.15) is 5.82 Å². The lowest BCUT2D eigenvalue weighted by atomic mass is 9.91. The largest absolute Gasteiger partial charge is 0.330 e. The number of amides is 1. The Bertz CT molecular complexity index is 431. The van der Waals surface area contributed by atoms with Crippen molar-refractivity contribution in [1.29, 1.82) is 0 Å².